The van der Waals surface area contributed by atoms with Crippen LogP contribution < -0.4 is 4.72 Å². The summed E-state index contributed by atoms with van der Waals surface area (Å²) in [5.41, 5.74) is 0. The zero-order chi connectivity index (χ0) is 11.3. The molecular weight excluding hydrogens is 216 g/mol. The first-order valence-corrected chi connectivity index (χ1v) is 6.88. The fourth-order valence-corrected chi connectivity index (χ4v) is 3.23. The van der Waals surface area contributed by atoms with Gasteiger partial charge in [-0.15, -0.1) is 0 Å². The Morgan fingerprint density at radius 3 is 2.53 bits per heavy atom. The third kappa shape index (κ3) is 4.06. The number of nitrogens with zero attached hydrogens (tertiary/aromatic N) is 1. The van der Waals surface area contributed by atoms with Gasteiger partial charge in [-0.25, -0.2) is 0 Å². The number of aliphatic hydroxyl groups excluding tert-OH is 1. The number of rotatable bonds is 6. The van der Waals surface area contributed by atoms with Gasteiger partial charge in [0.25, 0.3) is 10.2 Å². The molecule has 1 rings (SSSR count). The van der Waals surface area contributed by atoms with Crippen LogP contribution in [-0.2, 0) is 10.2 Å². The second-order valence-corrected chi connectivity index (χ2v) is 5.70. The molecule has 15 heavy (non-hydrogen) atoms. The van der Waals surface area contributed by atoms with Crippen LogP contribution in [0.15, 0.2) is 0 Å². The number of hydrogen-bond donors (Lipinski definition) is 2. The van der Waals surface area contributed by atoms with Crippen molar-refractivity contribution in [3.8, 4) is 0 Å². The van der Waals surface area contributed by atoms with Crippen molar-refractivity contribution in [3.05, 3.63) is 0 Å². The Kier molecular flexibility index (Phi) is 4.98. The summed E-state index contributed by atoms with van der Waals surface area (Å²) in [6, 6.07) is -0.109. The minimum absolute atomic E-state index is 0.107. The third-order valence-corrected chi connectivity index (χ3v) is 4.30. The van der Waals surface area contributed by atoms with Crippen LogP contribution in [0.25, 0.3) is 0 Å². The van der Waals surface area contributed by atoms with Crippen molar-refractivity contribution in [3.63, 3.8) is 0 Å². The van der Waals surface area contributed by atoms with Gasteiger partial charge in [0.15, 0.2) is 0 Å². The molecule has 0 aromatic heterocycles. The molecule has 0 radical (unpaired) electrons. The second-order valence-electron chi connectivity index (χ2n) is 4.00. The molecule has 1 atom stereocenters. The van der Waals surface area contributed by atoms with Gasteiger partial charge < -0.3 is 5.11 Å². The average Bonchev–Trinajstić information content (AvgIpc) is 2.67. The Bertz CT molecular complexity index is 273. The highest BCUT2D eigenvalue weighted by atomic mass is 32.2. The van der Waals surface area contributed by atoms with E-state index in [2.05, 4.69) is 4.72 Å². The fourth-order valence-electron chi connectivity index (χ4n) is 1.71. The van der Waals surface area contributed by atoms with Gasteiger partial charge in [0.05, 0.1) is 0 Å². The molecule has 0 aliphatic carbocycles. The van der Waals surface area contributed by atoms with E-state index in [4.69, 9.17) is 5.11 Å². The first kappa shape index (κ1) is 12.9. The monoisotopic (exact) mass is 236 g/mol. The zero-order valence-electron chi connectivity index (χ0n) is 9.15. The van der Waals surface area contributed by atoms with Crippen molar-refractivity contribution < 1.29 is 13.5 Å². The lowest BCUT2D eigenvalue weighted by Crippen LogP contribution is -2.43. The minimum atomic E-state index is -3.29. The summed E-state index contributed by atoms with van der Waals surface area (Å²) in [5.74, 6) is 0. The van der Waals surface area contributed by atoms with E-state index in [1.807, 2.05) is 6.92 Å². The molecule has 1 aliphatic heterocycles. The van der Waals surface area contributed by atoms with Crippen LogP contribution in [0.3, 0.4) is 0 Å². The topological polar surface area (TPSA) is 69.6 Å². The first-order valence-electron chi connectivity index (χ1n) is 5.44. The van der Waals surface area contributed by atoms with Crippen molar-refractivity contribution in [2.75, 3.05) is 19.7 Å². The molecule has 1 saturated heterocycles. The summed E-state index contributed by atoms with van der Waals surface area (Å²) >= 11 is 0. The largest absolute Gasteiger partial charge is 0.396 e. The summed E-state index contributed by atoms with van der Waals surface area (Å²) in [4.78, 5) is 0. The van der Waals surface area contributed by atoms with Crippen molar-refractivity contribution in [1.82, 2.24) is 9.03 Å². The fraction of sp³-hybridized carbons (Fsp3) is 1.00. The van der Waals surface area contributed by atoms with Crippen LogP contribution in [0.5, 0.6) is 0 Å². The van der Waals surface area contributed by atoms with Gasteiger partial charge in [-0.1, -0.05) is 0 Å². The molecule has 0 spiro atoms. The highest BCUT2D eigenvalue weighted by Gasteiger charge is 2.26. The van der Waals surface area contributed by atoms with Crippen molar-refractivity contribution in [1.29, 1.82) is 0 Å². The number of hydrogen-bond acceptors (Lipinski definition) is 3. The quantitative estimate of drug-likeness (QED) is 0.686. The Hall–Kier alpha value is -0.170. The van der Waals surface area contributed by atoms with E-state index in [-0.39, 0.29) is 12.6 Å². The SMILES string of the molecule is CC(CCCO)NS(=O)(=O)N1CCCC1. The van der Waals surface area contributed by atoms with E-state index >= 15 is 0 Å². The van der Waals surface area contributed by atoms with Gasteiger partial charge in [0.1, 0.15) is 0 Å². The van der Waals surface area contributed by atoms with Crippen LogP contribution in [-0.4, -0.2) is 43.6 Å². The minimum Gasteiger partial charge on any atom is -0.396 e. The predicted molar refractivity (Wildman–Crippen MR) is 58.6 cm³/mol. The van der Waals surface area contributed by atoms with E-state index in [0.717, 1.165) is 12.8 Å². The van der Waals surface area contributed by atoms with Crippen LogP contribution in [0.4, 0.5) is 0 Å². The van der Waals surface area contributed by atoms with E-state index < -0.39 is 10.2 Å². The highest BCUT2D eigenvalue weighted by Crippen LogP contribution is 2.12. The summed E-state index contributed by atoms with van der Waals surface area (Å²) in [7, 11) is -3.29. The number of nitrogens with one attached hydrogen (secondary N) is 1. The summed E-state index contributed by atoms with van der Waals surface area (Å²) in [5, 5.41) is 8.64. The van der Waals surface area contributed by atoms with Crippen LogP contribution in [0.2, 0.25) is 0 Å². The maximum atomic E-state index is 11.8. The standard InChI is InChI=1S/C9H20N2O3S/c1-9(5-4-8-12)10-15(13,14)11-6-2-3-7-11/h9-10,12H,2-8H2,1H3. The highest BCUT2D eigenvalue weighted by molar-refractivity contribution is 7.87. The van der Waals surface area contributed by atoms with Crippen molar-refractivity contribution >= 4 is 10.2 Å². The molecule has 1 unspecified atom stereocenters. The lowest BCUT2D eigenvalue weighted by atomic mass is 10.2. The van der Waals surface area contributed by atoms with Crippen LogP contribution in [0.1, 0.15) is 32.6 Å². The van der Waals surface area contributed by atoms with E-state index in [9.17, 15) is 8.42 Å². The molecule has 5 nitrogen and oxygen atoms in total. The molecule has 0 saturated carbocycles. The Labute approximate surface area is 91.7 Å². The van der Waals surface area contributed by atoms with E-state index in [1.165, 1.54) is 4.31 Å². The molecule has 1 aliphatic rings. The summed E-state index contributed by atoms with van der Waals surface area (Å²) < 4.78 is 27.6. The first-order chi connectivity index (χ1) is 7.06. The molecular formula is C9H20N2O3S. The summed E-state index contributed by atoms with van der Waals surface area (Å²) in [6.07, 6.45) is 3.20. The van der Waals surface area contributed by atoms with Gasteiger partial charge in [0.2, 0.25) is 0 Å². The molecule has 2 N–H and O–H groups in total. The predicted octanol–water partition coefficient (Wildman–Crippen LogP) is 0.0776. The molecule has 90 valence electrons. The van der Waals surface area contributed by atoms with E-state index in [0.29, 0.717) is 25.9 Å². The Morgan fingerprint density at radius 1 is 1.40 bits per heavy atom. The third-order valence-electron chi connectivity index (χ3n) is 2.55. The Balaban J connectivity index is 2.41. The van der Waals surface area contributed by atoms with Crippen molar-refractivity contribution in [2.45, 2.75) is 38.6 Å². The van der Waals surface area contributed by atoms with Crippen molar-refractivity contribution in [2.24, 2.45) is 0 Å². The molecule has 0 aromatic rings. The molecule has 0 amide bonds. The normalized spacial score (nSPS) is 20.7. The van der Waals surface area contributed by atoms with Gasteiger partial charge in [0, 0.05) is 25.7 Å². The van der Waals surface area contributed by atoms with Gasteiger partial charge >= 0.3 is 0 Å². The maximum absolute atomic E-state index is 11.8. The Morgan fingerprint density at radius 2 is 2.00 bits per heavy atom. The summed E-state index contributed by atoms with van der Waals surface area (Å²) in [6.45, 7) is 3.18. The molecule has 0 aromatic carbocycles. The lowest BCUT2D eigenvalue weighted by Gasteiger charge is -2.19. The van der Waals surface area contributed by atoms with Gasteiger partial charge in [-0.05, 0) is 32.6 Å². The maximum Gasteiger partial charge on any atom is 0.279 e. The molecule has 1 heterocycles. The van der Waals surface area contributed by atoms with Crippen LogP contribution in [0, 0.1) is 0 Å². The van der Waals surface area contributed by atoms with Crippen LogP contribution >= 0.6 is 0 Å². The van der Waals surface area contributed by atoms with Gasteiger partial charge in [-0.3, -0.25) is 0 Å². The number of aliphatic hydroxyl groups is 1. The smallest absolute Gasteiger partial charge is 0.279 e. The molecule has 6 heteroatoms. The van der Waals surface area contributed by atoms with Gasteiger partial charge in [-0.2, -0.15) is 17.4 Å². The molecule has 0 bridgehead atoms. The second kappa shape index (κ2) is 5.79. The van der Waals surface area contributed by atoms with E-state index in [1.54, 1.807) is 0 Å². The lowest BCUT2D eigenvalue weighted by molar-refractivity contribution is 0.279. The average molecular weight is 236 g/mol. The zero-order valence-corrected chi connectivity index (χ0v) is 9.96. The molecule has 1 fully saturated rings.